The van der Waals surface area contributed by atoms with Crippen LogP contribution < -0.4 is 16.5 Å². The molecule has 1 fully saturated rings. The van der Waals surface area contributed by atoms with E-state index in [1.165, 1.54) is 19.1 Å². The van der Waals surface area contributed by atoms with Crippen LogP contribution in [0.4, 0.5) is 19.7 Å². The van der Waals surface area contributed by atoms with Gasteiger partial charge in [0.1, 0.15) is 18.5 Å². The minimum absolute atomic E-state index is 0.219. The predicted octanol–water partition coefficient (Wildman–Crippen LogP) is 1.35. The fraction of sp³-hybridized carbons (Fsp3) is 0.579. The van der Waals surface area contributed by atoms with Crippen LogP contribution in [0.15, 0.2) is 23.3 Å². The highest BCUT2D eigenvalue weighted by atomic mass is 32.1. The zero-order chi connectivity index (χ0) is 29.1. The third-order valence-corrected chi connectivity index (χ3v) is 7.72. The molecule has 4 N–H and O–H groups in total. The number of hydrogen-bond acceptors (Lipinski definition) is 14. The topological polar surface area (TPSA) is 220 Å². The number of nitrogens with two attached hydrogens (primary N) is 1. The fourth-order valence-electron chi connectivity index (χ4n) is 3.22. The molecule has 1 unspecified atom stereocenters. The number of nitrogens with zero attached hydrogens (tertiary/aromatic N) is 4. The average Bonchev–Trinajstić information content (AvgIpc) is 3.40. The van der Waals surface area contributed by atoms with Crippen LogP contribution in [0.5, 0.6) is 0 Å². The van der Waals surface area contributed by atoms with Gasteiger partial charge in [-0.05, 0) is 26.8 Å². The van der Waals surface area contributed by atoms with E-state index in [0.717, 1.165) is 11.3 Å². The van der Waals surface area contributed by atoms with E-state index in [9.17, 15) is 38.2 Å². The molecule has 3 heterocycles. The number of aromatic nitrogens is 3. The van der Waals surface area contributed by atoms with Crippen molar-refractivity contribution in [2.45, 2.75) is 63.9 Å². The SMILES string of the molecule is CC(C)OC(=O)[C@H](C)NP(=O)(OCc1ccc([N+](=O)[O-])s1)OC[C@H]1O[C@@H](n2cnc(N)nc2=O)C(F)(F)[C@H]1O. The lowest BCUT2D eigenvalue weighted by Crippen LogP contribution is -2.42. The molecular weight excluding hydrogens is 573 g/mol. The van der Waals surface area contributed by atoms with Gasteiger partial charge in [0.05, 0.1) is 24.2 Å². The molecule has 5 atom stereocenters. The quantitative estimate of drug-likeness (QED) is 0.136. The maximum atomic E-state index is 14.8. The first-order valence-electron chi connectivity index (χ1n) is 11.2. The van der Waals surface area contributed by atoms with Crippen molar-refractivity contribution in [2.24, 2.45) is 0 Å². The second-order valence-corrected chi connectivity index (χ2v) is 11.4. The van der Waals surface area contributed by atoms with Crippen molar-refractivity contribution in [2.75, 3.05) is 12.3 Å². The number of nitro groups is 1. The first-order valence-corrected chi connectivity index (χ1v) is 13.5. The summed E-state index contributed by atoms with van der Waals surface area (Å²) >= 11 is 0.722. The molecule has 1 aliphatic rings. The van der Waals surface area contributed by atoms with Crippen molar-refractivity contribution in [1.82, 2.24) is 19.6 Å². The summed E-state index contributed by atoms with van der Waals surface area (Å²) in [5.74, 6) is -5.35. The van der Waals surface area contributed by atoms with Gasteiger partial charge in [0, 0.05) is 10.9 Å². The number of alkyl halides is 2. The highest BCUT2D eigenvalue weighted by Crippen LogP contribution is 2.48. The van der Waals surface area contributed by atoms with Crippen molar-refractivity contribution >= 4 is 36.0 Å². The van der Waals surface area contributed by atoms with Gasteiger partial charge in [-0.15, -0.1) is 0 Å². The summed E-state index contributed by atoms with van der Waals surface area (Å²) in [5, 5.41) is 23.2. The van der Waals surface area contributed by atoms with E-state index in [0.29, 0.717) is 10.9 Å². The summed E-state index contributed by atoms with van der Waals surface area (Å²) in [5.41, 5.74) is 4.04. The van der Waals surface area contributed by atoms with Crippen LogP contribution in [0.3, 0.4) is 0 Å². The number of ether oxygens (including phenoxy) is 2. The Balaban J connectivity index is 1.78. The number of rotatable bonds is 12. The number of hydrogen-bond donors (Lipinski definition) is 3. The minimum atomic E-state index is -4.54. The van der Waals surface area contributed by atoms with E-state index in [2.05, 4.69) is 15.1 Å². The summed E-state index contributed by atoms with van der Waals surface area (Å²) in [4.78, 5) is 41.5. The number of anilines is 1. The lowest BCUT2D eigenvalue weighted by Gasteiger charge is -2.24. The van der Waals surface area contributed by atoms with E-state index in [4.69, 9.17) is 24.3 Å². The molecule has 1 saturated heterocycles. The number of aliphatic hydroxyl groups is 1. The Labute approximate surface area is 222 Å². The molecule has 3 rings (SSSR count). The van der Waals surface area contributed by atoms with Crippen LogP contribution in [0.25, 0.3) is 0 Å². The molecule has 0 bridgehead atoms. The van der Waals surface area contributed by atoms with Crippen LogP contribution in [0.1, 0.15) is 31.9 Å². The first kappa shape index (κ1) is 30.6. The monoisotopic (exact) mass is 598 g/mol. The molecule has 0 saturated carbocycles. The molecule has 39 heavy (non-hydrogen) atoms. The molecule has 16 nitrogen and oxygen atoms in total. The number of halogens is 2. The van der Waals surface area contributed by atoms with Crippen LogP contribution >= 0.6 is 19.1 Å². The van der Waals surface area contributed by atoms with Crippen LogP contribution in [-0.2, 0) is 34.5 Å². The van der Waals surface area contributed by atoms with Gasteiger partial charge in [-0.1, -0.05) is 11.3 Å². The van der Waals surface area contributed by atoms with Gasteiger partial charge in [0.15, 0.2) is 6.10 Å². The lowest BCUT2D eigenvalue weighted by molar-refractivity contribution is -0.380. The van der Waals surface area contributed by atoms with Gasteiger partial charge in [0.2, 0.25) is 12.2 Å². The van der Waals surface area contributed by atoms with Crippen LogP contribution in [-0.4, -0.2) is 67.4 Å². The smallest absolute Gasteiger partial charge is 0.406 e. The molecule has 0 amide bonds. The number of esters is 1. The van der Waals surface area contributed by atoms with Crippen molar-refractivity contribution in [3.63, 3.8) is 0 Å². The van der Waals surface area contributed by atoms with Gasteiger partial charge >= 0.3 is 30.3 Å². The Kier molecular flexibility index (Phi) is 9.47. The third-order valence-electron chi connectivity index (χ3n) is 5.05. The van der Waals surface area contributed by atoms with Crippen molar-refractivity contribution in [1.29, 1.82) is 0 Å². The Morgan fingerprint density at radius 3 is 2.69 bits per heavy atom. The molecule has 216 valence electrons. The summed E-state index contributed by atoms with van der Waals surface area (Å²) in [6.45, 7) is 2.98. The Hall–Kier alpha value is -2.93. The number of nitrogens with one attached hydrogen (secondary N) is 1. The highest BCUT2D eigenvalue weighted by molar-refractivity contribution is 7.51. The van der Waals surface area contributed by atoms with Gasteiger partial charge in [0.25, 0.3) is 0 Å². The zero-order valence-corrected chi connectivity index (χ0v) is 22.3. The standard InChI is InChI=1S/C19H25F2N6O10PS/c1-9(2)36-15(29)10(3)25-38(33,34-6-11-4-5-13(39-11)27(31)32)35-7-12-14(28)19(20,21)16(37-12)26-8-23-17(22)24-18(26)30/h4-5,8-10,12,14,16,28H,6-7H2,1-3H3,(H,25,33)(H2,22,24,30)/t10-,12+,14-,16+,38?/m0/s1. The molecule has 2 aromatic rings. The second-order valence-electron chi connectivity index (χ2n) is 8.45. The second kappa shape index (κ2) is 12.1. The molecule has 0 aliphatic carbocycles. The predicted molar refractivity (Wildman–Crippen MR) is 129 cm³/mol. The number of aliphatic hydroxyl groups excluding tert-OH is 1. The zero-order valence-electron chi connectivity index (χ0n) is 20.6. The van der Waals surface area contributed by atoms with E-state index in [-0.39, 0.29) is 9.88 Å². The summed E-state index contributed by atoms with van der Waals surface area (Å²) in [6.07, 6.45) is -6.58. The highest BCUT2D eigenvalue weighted by Gasteiger charge is 2.60. The Morgan fingerprint density at radius 1 is 1.41 bits per heavy atom. The normalized spacial score (nSPS) is 22.9. The van der Waals surface area contributed by atoms with E-state index in [1.807, 2.05) is 0 Å². The average molecular weight is 598 g/mol. The molecule has 0 spiro atoms. The molecule has 1 aliphatic heterocycles. The number of carbonyl (C=O) groups excluding carboxylic acids is 1. The fourth-order valence-corrected chi connectivity index (χ4v) is 5.50. The molecular formula is C19H25F2N6O10PS. The Morgan fingerprint density at radius 2 is 2.10 bits per heavy atom. The molecule has 2 aromatic heterocycles. The minimum Gasteiger partial charge on any atom is -0.462 e. The molecule has 20 heteroatoms. The van der Waals surface area contributed by atoms with E-state index >= 15 is 0 Å². The maximum Gasteiger partial charge on any atom is 0.406 e. The molecule has 0 aromatic carbocycles. The van der Waals surface area contributed by atoms with Gasteiger partial charge in [-0.3, -0.25) is 24.0 Å². The largest absolute Gasteiger partial charge is 0.462 e. The first-order chi connectivity index (χ1) is 18.1. The third kappa shape index (κ3) is 7.38. The van der Waals surface area contributed by atoms with Crippen molar-refractivity contribution < 1.29 is 46.7 Å². The number of nitrogen functional groups attached to an aromatic ring is 1. The summed E-state index contributed by atoms with van der Waals surface area (Å²) in [7, 11) is -4.54. The lowest BCUT2D eigenvalue weighted by atomic mass is 10.1. The van der Waals surface area contributed by atoms with Crippen LogP contribution in [0.2, 0.25) is 0 Å². The number of thiophene rings is 1. The van der Waals surface area contributed by atoms with Crippen molar-refractivity contribution in [3.05, 3.63) is 43.9 Å². The maximum absolute atomic E-state index is 14.8. The van der Waals surface area contributed by atoms with Crippen LogP contribution in [0, 0.1) is 10.1 Å². The number of carbonyl (C=O) groups is 1. The summed E-state index contributed by atoms with van der Waals surface area (Å²) in [6, 6.07) is 1.26. The Bertz CT molecular complexity index is 1310. The van der Waals surface area contributed by atoms with E-state index < -0.39 is 80.0 Å². The van der Waals surface area contributed by atoms with Gasteiger partial charge < -0.3 is 20.3 Å². The van der Waals surface area contributed by atoms with Gasteiger partial charge in [-0.25, -0.2) is 24.0 Å². The molecule has 0 radical (unpaired) electrons. The van der Waals surface area contributed by atoms with Gasteiger partial charge in [-0.2, -0.15) is 13.8 Å². The van der Waals surface area contributed by atoms with Crippen molar-refractivity contribution in [3.8, 4) is 0 Å². The summed E-state index contributed by atoms with van der Waals surface area (Å²) < 4.78 is 64.1. The van der Waals surface area contributed by atoms with E-state index in [1.54, 1.807) is 13.8 Å².